The smallest absolute Gasteiger partial charge is 0.308 e. The standard InChI is InChI=1S/C9H11ClF5N3/c1-5(2)4-18-6(3-10)16-17-7(18)8(11,12)9(13,14)15/h5H,3-4H2,1-2H3. The highest BCUT2D eigenvalue weighted by atomic mass is 35.5. The summed E-state index contributed by atoms with van der Waals surface area (Å²) in [4.78, 5) is 0. The molecule has 0 unspecified atom stereocenters. The Balaban J connectivity index is 3.28. The molecular formula is C9H11ClF5N3. The molecule has 0 spiro atoms. The molecule has 1 aromatic heterocycles. The van der Waals surface area contributed by atoms with Crippen LogP contribution in [0.1, 0.15) is 25.5 Å². The highest BCUT2D eigenvalue weighted by molar-refractivity contribution is 6.16. The molecule has 0 aliphatic rings. The Morgan fingerprint density at radius 1 is 1.17 bits per heavy atom. The first-order valence-corrected chi connectivity index (χ1v) is 5.57. The number of alkyl halides is 6. The Bertz CT molecular complexity index is 413. The van der Waals surface area contributed by atoms with E-state index in [0.29, 0.717) is 0 Å². The Morgan fingerprint density at radius 3 is 2.11 bits per heavy atom. The van der Waals surface area contributed by atoms with Crippen LogP contribution in [0.3, 0.4) is 0 Å². The van der Waals surface area contributed by atoms with Crippen LogP contribution in [0, 0.1) is 5.92 Å². The highest BCUT2D eigenvalue weighted by Gasteiger charge is 2.62. The number of hydrogen-bond donors (Lipinski definition) is 0. The van der Waals surface area contributed by atoms with Gasteiger partial charge in [-0.2, -0.15) is 22.0 Å². The largest absolute Gasteiger partial charge is 0.461 e. The van der Waals surface area contributed by atoms with Gasteiger partial charge in [0.2, 0.25) is 5.82 Å². The molecule has 1 aromatic rings. The number of halogens is 6. The predicted molar refractivity (Wildman–Crippen MR) is 54.4 cm³/mol. The molecule has 3 nitrogen and oxygen atoms in total. The van der Waals surface area contributed by atoms with Crippen molar-refractivity contribution >= 4 is 11.6 Å². The topological polar surface area (TPSA) is 30.7 Å². The molecule has 0 saturated carbocycles. The summed E-state index contributed by atoms with van der Waals surface area (Å²) in [6, 6.07) is 0. The zero-order valence-corrected chi connectivity index (χ0v) is 10.4. The molecule has 104 valence electrons. The van der Waals surface area contributed by atoms with E-state index in [0.717, 1.165) is 4.57 Å². The van der Waals surface area contributed by atoms with E-state index in [1.807, 2.05) is 0 Å². The third-order valence-electron chi connectivity index (χ3n) is 2.13. The van der Waals surface area contributed by atoms with E-state index in [1.165, 1.54) is 0 Å². The van der Waals surface area contributed by atoms with Gasteiger partial charge in [0.25, 0.3) is 0 Å². The fourth-order valence-corrected chi connectivity index (χ4v) is 1.55. The van der Waals surface area contributed by atoms with Crippen LogP contribution in [-0.2, 0) is 18.3 Å². The van der Waals surface area contributed by atoms with Crippen LogP contribution in [0.25, 0.3) is 0 Å². The normalized spacial score (nSPS) is 13.4. The van der Waals surface area contributed by atoms with Gasteiger partial charge in [-0.25, -0.2) is 0 Å². The molecule has 1 heterocycles. The van der Waals surface area contributed by atoms with E-state index in [1.54, 1.807) is 13.8 Å². The second-order valence-electron chi connectivity index (χ2n) is 4.15. The van der Waals surface area contributed by atoms with Gasteiger partial charge in [-0.15, -0.1) is 21.8 Å². The maximum atomic E-state index is 13.2. The molecule has 0 atom stereocenters. The van der Waals surface area contributed by atoms with Crippen LogP contribution in [0.15, 0.2) is 0 Å². The van der Waals surface area contributed by atoms with E-state index >= 15 is 0 Å². The minimum absolute atomic E-state index is 0.0595. The van der Waals surface area contributed by atoms with Crippen molar-refractivity contribution in [1.29, 1.82) is 0 Å². The summed E-state index contributed by atoms with van der Waals surface area (Å²) in [5.41, 5.74) is 0. The summed E-state index contributed by atoms with van der Waals surface area (Å²) in [6.45, 7) is 3.29. The van der Waals surface area contributed by atoms with E-state index in [4.69, 9.17) is 11.6 Å². The van der Waals surface area contributed by atoms with Gasteiger partial charge in [0, 0.05) is 6.54 Å². The van der Waals surface area contributed by atoms with Gasteiger partial charge in [-0.3, -0.25) is 0 Å². The third kappa shape index (κ3) is 2.73. The lowest BCUT2D eigenvalue weighted by atomic mass is 10.2. The zero-order chi connectivity index (χ0) is 14.1. The monoisotopic (exact) mass is 291 g/mol. The number of hydrogen-bond acceptors (Lipinski definition) is 2. The van der Waals surface area contributed by atoms with Crippen LogP contribution in [0.4, 0.5) is 22.0 Å². The van der Waals surface area contributed by atoms with E-state index in [9.17, 15) is 22.0 Å². The molecular weight excluding hydrogens is 281 g/mol. The van der Waals surface area contributed by atoms with Crippen LogP contribution in [-0.4, -0.2) is 20.9 Å². The number of rotatable bonds is 4. The van der Waals surface area contributed by atoms with Crippen LogP contribution in [0.2, 0.25) is 0 Å². The van der Waals surface area contributed by atoms with Crippen molar-refractivity contribution in [2.45, 2.75) is 38.4 Å². The molecule has 0 amide bonds. The molecule has 0 radical (unpaired) electrons. The fourth-order valence-electron chi connectivity index (χ4n) is 1.35. The van der Waals surface area contributed by atoms with E-state index in [2.05, 4.69) is 10.2 Å². The first-order chi connectivity index (χ1) is 8.11. The van der Waals surface area contributed by atoms with Crippen molar-refractivity contribution in [3.8, 4) is 0 Å². The summed E-state index contributed by atoms with van der Waals surface area (Å²) in [5, 5.41) is 6.21. The predicted octanol–water partition coefficient (Wildman–Crippen LogP) is 3.33. The Labute approximate surface area is 105 Å². The zero-order valence-electron chi connectivity index (χ0n) is 9.60. The molecule has 0 bridgehead atoms. The minimum Gasteiger partial charge on any atom is -0.308 e. The molecule has 0 aliphatic heterocycles. The molecule has 0 aliphatic carbocycles. The average Bonchev–Trinajstić information content (AvgIpc) is 2.58. The quantitative estimate of drug-likeness (QED) is 0.629. The highest BCUT2D eigenvalue weighted by Crippen LogP contribution is 2.43. The first-order valence-electron chi connectivity index (χ1n) is 5.04. The third-order valence-corrected chi connectivity index (χ3v) is 2.37. The lowest BCUT2D eigenvalue weighted by Crippen LogP contribution is -2.37. The first kappa shape index (κ1) is 15.1. The Morgan fingerprint density at radius 2 is 1.72 bits per heavy atom. The van der Waals surface area contributed by atoms with Crippen molar-refractivity contribution in [2.75, 3.05) is 0 Å². The second-order valence-corrected chi connectivity index (χ2v) is 4.42. The molecule has 0 fully saturated rings. The van der Waals surface area contributed by atoms with Gasteiger partial charge >= 0.3 is 12.1 Å². The number of nitrogens with zero attached hydrogens (tertiary/aromatic N) is 3. The summed E-state index contributed by atoms with van der Waals surface area (Å²) in [7, 11) is 0. The minimum atomic E-state index is -5.71. The van der Waals surface area contributed by atoms with Crippen molar-refractivity contribution in [2.24, 2.45) is 5.92 Å². The van der Waals surface area contributed by atoms with Crippen molar-refractivity contribution in [3.05, 3.63) is 11.6 Å². The van der Waals surface area contributed by atoms with Gasteiger partial charge < -0.3 is 4.57 Å². The van der Waals surface area contributed by atoms with Gasteiger partial charge in [-0.1, -0.05) is 13.8 Å². The average molecular weight is 292 g/mol. The molecule has 0 aromatic carbocycles. The van der Waals surface area contributed by atoms with Gasteiger partial charge in [0.1, 0.15) is 5.82 Å². The van der Waals surface area contributed by atoms with Crippen LogP contribution < -0.4 is 0 Å². The SMILES string of the molecule is CC(C)Cn1c(CCl)nnc1C(F)(F)C(F)(F)F. The summed E-state index contributed by atoms with van der Waals surface area (Å²) in [6.07, 6.45) is -5.71. The van der Waals surface area contributed by atoms with E-state index < -0.39 is 17.9 Å². The van der Waals surface area contributed by atoms with Crippen LogP contribution in [0.5, 0.6) is 0 Å². The van der Waals surface area contributed by atoms with Crippen molar-refractivity contribution in [3.63, 3.8) is 0 Å². The molecule has 9 heteroatoms. The fraction of sp³-hybridized carbons (Fsp3) is 0.778. The second kappa shape index (κ2) is 4.99. The lowest BCUT2D eigenvalue weighted by Gasteiger charge is -2.20. The van der Waals surface area contributed by atoms with Crippen molar-refractivity contribution < 1.29 is 22.0 Å². The maximum absolute atomic E-state index is 13.2. The lowest BCUT2D eigenvalue weighted by molar-refractivity contribution is -0.293. The van der Waals surface area contributed by atoms with Gasteiger partial charge in [0.15, 0.2) is 0 Å². The van der Waals surface area contributed by atoms with Crippen LogP contribution >= 0.6 is 11.6 Å². The van der Waals surface area contributed by atoms with E-state index in [-0.39, 0.29) is 24.2 Å². The maximum Gasteiger partial charge on any atom is 0.461 e. The molecule has 18 heavy (non-hydrogen) atoms. The number of aromatic nitrogens is 3. The summed E-state index contributed by atoms with van der Waals surface area (Å²) >= 11 is 5.44. The Hall–Kier alpha value is -0.920. The van der Waals surface area contributed by atoms with Gasteiger partial charge in [0.05, 0.1) is 5.88 Å². The summed E-state index contributed by atoms with van der Waals surface area (Å²) in [5.74, 6) is -7.00. The van der Waals surface area contributed by atoms with Gasteiger partial charge in [-0.05, 0) is 5.92 Å². The molecule has 1 rings (SSSR count). The Kier molecular flexibility index (Phi) is 4.19. The molecule has 0 saturated heterocycles. The van der Waals surface area contributed by atoms with Crippen molar-refractivity contribution in [1.82, 2.24) is 14.8 Å². The molecule has 0 N–H and O–H groups in total. The summed E-state index contributed by atoms with van der Waals surface area (Å²) < 4.78 is 64.0.